The number of pyridine rings is 1. The predicted molar refractivity (Wildman–Crippen MR) is 92.9 cm³/mol. The highest BCUT2D eigenvalue weighted by Gasteiger charge is 2.43. The number of amides is 1. The zero-order valence-electron chi connectivity index (χ0n) is 14.7. The second-order valence-corrected chi connectivity index (χ2v) is 7.64. The number of nitrogens with zero attached hydrogens (tertiary/aromatic N) is 3. The molecule has 2 atom stereocenters. The molecule has 25 heavy (non-hydrogen) atoms. The summed E-state index contributed by atoms with van der Waals surface area (Å²) in [7, 11) is 0. The molecule has 6 heteroatoms. The van der Waals surface area contributed by atoms with Gasteiger partial charge < -0.3 is 14.4 Å². The second kappa shape index (κ2) is 7.40. The number of likely N-dealkylation sites (tertiary alicyclic amines) is 1. The van der Waals surface area contributed by atoms with Crippen LogP contribution in [0.5, 0.6) is 0 Å². The quantitative estimate of drug-likeness (QED) is 0.827. The van der Waals surface area contributed by atoms with Gasteiger partial charge in [0.25, 0.3) is 5.91 Å². The van der Waals surface area contributed by atoms with Gasteiger partial charge in [0, 0.05) is 50.6 Å². The number of rotatable bonds is 3. The molecule has 4 rings (SSSR count). The van der Waals surface area contributed by atoms with Crippen LogP contribution >= 0.6 is 0 Å². The monoisotopic (exact) mass is 345 g/mol. The molecule has 0 N–H and O–H groups in total. The zero-order valence-corrected chi connectivity index (χ0v) is 14.7. The number of carbonyl (C=O) groups excluding carboxylic acids is 1. The molecule has 3 aliphatic heterocycles. The Morgan fingerprint density at radius 2 is 2.28 bits per heavy atom. The van der Waals surface area contributed by atoms with Gasteiger partial charge in [-0.15, -0.1) is 0 Å². The molecule has 0 aromatic carbocycles. The maximum atomic E-state index is 12.8. The predicted octanol–water partition coefficient (Wildman–Crippen LogP) is 1.31. The van der Waals surface area contributed by atoms with Crippen LogP contribution < -0.4 is 0 Å². The van der Waals surface area contributed by atoms with Gasteiger partial charge in [-0.05, 0) is 37.4 Å². The molecule has 0 radical (unpaired) electrons. The Bertz CT molecular complexity index is 591. The van der Waals surface area contributed by atoms with E-state index < -0.39 is 0 Å². The van der Waals surface area contributed by atoms with Gasteiger partial charge in [0.15, 0.2) is 0 Å². The van der Waals surface area contributed by atoms with E-state index in [0.717, 1.165) is 52.0 Å². The van der Waals surface area contributed by atoms with Crippen LogP contribution in [-0.2, 0) is 20.8 Å². The van der Waals surface area contributed by atoms with Gasteiger partial charge in [-0.3, -0.25) is 14.7 Å². The van der Waals surface area contributed by atoms with Crippen molar-refractivity contribution < 1.29 is 14.3 Å². The molecule has 3 aliphatic rings. The first kappa shape index (κ1) is 16.9. The van der Waals surface area contributed by atoms with E-state index in [1.165, 1.54) is 5.56 Å². The summed E-state index contributed by atoms with van der Waals surface area (Å²) in [6, 6.07) is 4.10. The molecule has 3 saturated heterocycles. The number of hydrogen-bond acceptors (Lipinski definition) is 5. The van der Waals surface area contributed by atoms with Crippen LogP contribution in [0.3, 0.4) is 0 Å². The van der Waals surface area contributed by atoms with E-state index in [2.05, 4.69) is 16.0 Å². The van der Waals surface area contributed by atoms with Crippen molar-refractivity contribution in [1.29, 1.82) is 0 Å². The molecule has 136 valence electrons. The van der Waals surface area contributed by atoms with E-state index in [-0.39, 0.29) is 17.4 Å². The summed E-state index contributed by atoms with van der Waals surface area (Å²) < 4.78 is 11.5. The molecule has 0 aliphatic carbocycles. The fourth-order valence-corrected chi connectivity index (χ4v) is 4.32. The summed E-state index contributed by atoms with van der Waals surface area (Å²) in [6.45, 7) is 6.48. The minimum absolute atomic E-state index is 0.0486. The van der Waals surface area contributed by atoms with Crippen molar-refractivity contribution in [1.82, 2.24) is 14.8 Å². The lowest BCUT2D eigenvalue weighted by Gasteiger charge is -2.33. The smallest absolute Gasteiger partial charge is 0.251 e. The first-order valence-corrected chi connectivity index (χ1v) is 9.34. The Morgan fingerprint density at radius 3 is 3.08 bits per heavy atom. The second-order valence-electron chi connectivity index (χ2n) is 7.64. The van der Waals surface area contributed by atoms with Crippen LogP contribution in [0.1, 0.15) is 24.8 Å². The van der Waals surface area contributed by atoms with Crippen molar-refractivity contribution in [2.24, 2.45) is 5.41 Å². The van der Waals surface area contributed by atoms with Crippen molar-refractivity contribution in [3.05, 3.63) is 30.1 Å². The van der Waals surface area contributed by atoms with Crippen LogP contribution in [0.4, 0.5) is 0 Å². The van der Waals surface area contributed by atoms with E-state index >= 15 is 0 Å². The van der Waals surface area contributed by atoms with Crippen LogP contribution in [-0.4, -0.2) is 72.8 Å². The Labute approximate surface area is 149 Å². The average Bonchev–Trinajstić information content (AvgIpc) is 3.24. The highest BCUT2D eigenvalue weighted by Crippen LogP contribution is 2.34. The van der Waals surface area contributed by atoms with Crippen LogP contribution in [0.15, 0.2) is 24.5 Å². The van der Waals surface area contributed by atoms with Crippen molar-refractivity contribution in [2.45, 2.75) is 31.9 Å². The first-order valence-electron chi connectivity index (χ1n) is 9.34. The maximum absolute atomic E-state index is 12.8. The van der Waals surface area contributed by atoms with Gasteiger partial charge >= 0.3 is 0 Å². The normalized spacial score (nSPS) is 30.7. The third-order valence-corrected chi connectivity index (χ3v) is 5.60. The summed E-state index contributed by atoms with van der Waals surface area (Å²) in [5.74, 6) is 0.160. The molecule has 0 saturated carbocycles. The standard InChI is InChI=1S/C19H27N3O3/c23-18(17-4-2-9-25-17)22-8-10-24-15-19(14-22)5-7-21(13-19)12-16-3-1-6-20-11-16/h1,3,6,11,17H,2,4-5,7-10,12-15H2/t17-,19+/m0/s1. The summed E-state index contributed by atoms with van der Waals surface area (Å²) in [5, 5.41) is 0. The van der Waals surface area contributed by atoms with Gasteiger partial charge in [0.2, 0.25) is 0 Å². The lowest BCUT2D eigenvalue weighted by molar-refractivity contribution is -0.142. The molecule has 3 fully saturated rings. The molecule has 6 nitrogen and oxygen atoms in total. The summed E-state index contributed by atoms with van der Waals surface area (Å²) in [4.78, 5) is 21.5. The van der Waals surface area contributed by atoms with Gasteiger partial charge in [0.05, 0.1) is 13.2 Å². The minimum atomic E-state index is -0.233. The lowest BCUT2D eigenvalue weighted by Crippen LogP contribution is -2.46. The Kier molecular flexibility index (Phi) is 5.01. The lowest BCUT2D eigenvalue weighted by atomic mass is 9.87. The highest BCUT2D eigenvalue weighted by atomic mass is 16.5. The van der Waals surface area contributed by atoms with Crippen molar-refractivity contribution >= 4 is 5.91 Å². The minimum Gasteiger partial charge on any atom is -0.379 e. The summed E-state index contributed by atoms with van der Waals surface area (Å²) in [5.41, 5.74) is 1.29. The van der Waals surface area contributed by atoms with E-state index in [9.17, 15) is 4.79 Å². The number of ether oxygens (including phenoxy) is 2. The SMILES string of the molecule is O=C([C@@H]1CCCO1)N1CCOC[C@@]2(CCN(Cc3cccnc3)C2)C1. The van der Waals surface area contributed by atoms with E-state index in [4.69, 9.17) is 9.47 Å². The number of aromatic nitrogens is 1. The topological polar surface area (TPSA) is 54.9 Å². The highest BCUT2D eigenvalue weighted by molar-refractivity contribution is 5.81. The molecule has 4 heterocycles. The Balaban J connectivity index is 1.41. The van der Waals surface area contributed by atoms with Crippen molar-refractivity contribution in [2.75, 3.05) is 46.0 Å². The van der Waals surface area contributed by atoms with E-state index in [1.54, 1.807) is 0 Å². The van der Waals surface area contributed by atoms with Crippen LogP contribution in [0, 0.1) is 5.41 Å². The van der Waals surface area contributed by atoms with Gasteiger partial charge in [-0.2, -0.15) is 0 Å². The molecule has 0 unspecified atom stereocenters. The summed E-state index contributed by atoms with van der Waals surface area (Å²) in [6.07, 6.45) is 6.43. The molecule has 0 bridgehead atoms. The molecule has 1 aromatic rings. The van der Waals surface area contributed by atoms with Crippen molar-refractivity contribution in [3.8, 4) is 0 Å². The van der Waals surface area contributed by atoms with Crippen molar-refractivity contribution in [3.63, 3.8) is 0 Å². The Hall–Kier alpha value is -1.50. The number of hydrogen-bond donors (Lipinski definition) is 0. The third-order valence-electron chi connectivity index (χ3n) is 5.60. The van der Waals surface area contributed by atoms with Crippen LogP contribution in [0.2, 0.25) is 0 Å². The third kappa shape index (κ3) is 3.86. The van der Waals surface area contributed by atoms with Gasteiger partial charge in [-0.1, -0.05) is 6.07 Å². The van der Waals surface area contributed by atoms with Gasteiger partial charge in [0.1, 0.15) is 6.10 Å². The molecule has 1 aromatic heterocycles. The molecular formula is C19H27N3O3. The zero-order chi connectivity index (χ0) is 17.1. The first-order chi connectivity index (χ1) is 12.2. The average molecular weight is 345 g/mol. The van der Waals surface area contributed by atoms with E-state index in [1.807, 2.05) is 23.4 Å². The largest absolute Gasteiger partial charge is 0.379 e. The molecular weight excluding hydrogens is 318 g/mol. The Morgan fingerprint density at radius 1 is 1.32 bits per heavy atom. The molecule has 1 amide bonds. The van der Waals surface area contributed by atoms with Gasteiger partial charge in [-0.25, -0.2) is 0 Å². The summed E-state index contributed by atoms with van der Waals surface area (Å²) >= 11 is 0. The fraction of sp³-hybridized carbons (Fsp3) is 0.684. The van der Waals surface area contributed by atoms with E-state index in [0.29, 0.717) is 19.8 Å². The maximum Gasteiger partial charge on any atom is 0.251 e. The fourth-order valence-electron chi connectivity index (χ4n) is 4.32. The molecule has 1 spiro atoms. The van der Waals surface area contributed by atoms with Crippen LogP contribution in [0.25, 0.3) is 0 Å². The number of carbonyl (C=O) groups is 1.